The summed E-state index contributed by atoms with van der Waals surface area (Å²) in [6.45, 7) is 9.34. The van der Waals surface area contributed by atoms with Gasteiger partial charge in [-0.15, -0.1) is 0 Å². The Morgan fingerprint density at radius 1 is 0.512 bits per heavy atom. The van der Waals surface area contributed by atoms with Crippen LogP contribution in [0.5, 0.6) is 11.5 Å². The number of rotatable bonds is 30. The molecule has 1 aromatic carbocycles. The van der Waals surface area contributed by atoms with Crippen molar-refractivity contribution >= 4 is 5.97 Å². The molecule has 0 radical (unpaired) electrons. The number of hydrogen-bond acceptors (Lipinski definition) is 4. The van der Waals surface area contributed by atoms with Gasteiger partial charge in [-0.3, -0.25) is 0 Å². The highest BCUT2D eigenvalue weighted by molar-refractivity contribution is 5.94. The Kier molecular flexibility index (Phi) is 24.3. The summed E-state index contributed by atoms with van der Waals surface area (Å²) in [7, 11) is 0. The molecule has 5 heteroatoms. The van der Waals surface area contributed by atoms with E-state index in [1.807, 2.05) is 0 Å². The van der Waals surface area contributed by atoms with E-state index in [-0.39, 0.29) is 17.1 Å². The molecule has 1 aromatic rings. The number of unbranched alkanes of at least 4 members (excludes halogenated alkanes) is 19. The summed E-state index contributed by atoms with van der Waals surface area (Å²) in [5.74, 6) is -1.06. The van der Waals surface area contributed by atoms with Crippen molar-refractivity contribution in [1.82, 2.24) is 0 Å². The normalized spacial score (nSPS) is 11.3. The van der Waals surface area contributed by atoms with E-state index < -0.39 is 5.97 Å². The number of benzene rings is 1. The zero-order valence-electron chi connectivity index (χ0n) is 28.7. The Labute approximate surface area is 265 Å². The first-order valence-corrected chi connectivity index (χ1v) is 18.4. The van der Waals surface area contributed by atoms with E-state index in [9.17, 15) is 15.0 Å². The third-order valence-corrected chi connectivity index (χ3v) is 8.78. The van der Waals surface area contributed by atoms with Crippen LogP contribution < -0.4 is 4.89 Å². The average Bonchev–Trinajstić information content (AvgIpc) is 2.99. The largest absolute Gasteiger partial charge is 0.504 e. The van der Waals surface area contributed by atoms with Crippen molar-refractivity contribution in [2.75, 3.05) is 6.61 Å². The lowest BCUT2D eigenvalue weighted by Gasteiger charge is -2.23. The lowest BCUT2D eigenvalue weighted by atomic mass is 9.85. The van der Waals surface area contributed by atoms with Crippen LogP contribution in [0.25, 0.3) is 0 Å². The van der Waals surface area contributed by atoms with Gasteiger partial charge >= 0.3 is 5.97 Å². The SMILES string of the molecule is CCCCCCCCc1c(CCCCCCCC)c(OOCCCCCCC)c(O)c(C(=O)O)c1CCCCCCCC. The van der Waals surface area contributed by atoms with Crippen molar-refractivity contribution in [1.29, 1.82) is 0 Å². The van der Waals surface area contributed by atoms with Crippen LogP contribution in [0.2, 0.25) is 0 Å². The minimum Gasteiger partial charge on any atom is -0.504 e. The Balaban J connectivity index is 3.32. The van der Waals surface area contributed by atoms with Gasteiger partial charge in [-0.2, -0.15) is 4.89 Å². The fourth-order valence-electron chi connectivity index (χ4n) is 6.14. The molecule has 43 heavy (non-hydrogen) atoms. The summed E-state index contributed by atoms with van der Waals surface area (Å²) < 4.78 is 0. The molecule has 0 atom stereocenters. The second-order valence-electron chi connectivity index (χ2n) is 12.7. The van der Waals surface area contributed by atoms with Gasteiger partial charge in [0.15, 0.2) is 5.75 Å². The first kappa shape index (κ1) is 39.3. The van der Waals surface area contributed by atoms with Gasteiger partial charge in [0.2, 0.25) is 5.75 Å². The number of hydrogen-bond donors (Lipinski definition) is 2. The average molecular weight is 605 g/mol. The van der Waals surface area contributed by atoms with Gasteiger partial charge < -0.3 is 15.1 Å². The van der Waals surface area contributed by atoms with Crippen LogP contribution in [-0.4, -0.2) is 22.8 Å². The third-order valence-electron chi connectivity index (χ3n) is 8.78. The molecule has 250 valence electrons. The van der Waals surface area contributed by atoms with Crippen LogP contribution in [0, 0.1) is 0 Å². The monoisotopic (exact) mass is 605 g/mol. The molecule has 5 nitrogen and oxygen atoms in total. The van der Waals surface area contributed by atoms with Crippen molar-refractivity contribution in [2.45, 2.75) is 195 Å². The standard InChI is InChI=1S/C38H68O5/c1-5-9-13-17-20-24-28-32-33(29-25-21-18-14-10-6-2)35(38(40)41)36(39)37(43-42-31-27-23-16-12-8-4)34(32)30-26-22-19-15-11-7-3/h39H,5-31H2,1-4H3,(H,40,41). The molecule has 0 spiro atoms. The maximum absolute atomic E-state index is 12.7. The zero-order chi connectivity index (χ0) is 31.5. The molecule has 0 aliphatic heterocycles. The number of carbonyl (C=O) groups is 1. The van der Waals surface area contributed by atoms with E-state index in [1.54, 1.807) is 0 Å². The molecule has 0 saturated carbocycles. The van der Waals surface area contributed by atoms with E-state index >= 15 is 0 Å². The van der Waals surface area contributed by atoms with E-state index in [0.29, 0.717) is 13.0 Å². The van der Waals surface area contributed by atoms with Crippen LogP contribution in [0.1, 0.15) is 202 Å². The van der Waals surface area contributed by atoms with E-state index in [4.69, 9.17) is 9.78 Å². The molecule has 0 aromatic heterocycles. The van der Waals surface area contributed by atoms with Crippen molar-refractivity contribution < 1.29 is 24.8 Å². The molecule has 0 unspecified atom stereocenters. The molecule has 0 bridgehead atoms. The summed E-state index contributed by atoms with van der Waals surface area (Å²) in [4.78, 5) is 24.2. The number of aromatic carboxylic acids is 1. The quantitative estimate of drug-likeness (QED) is 0.0519. The summed E-state index contributed by atoms with van der Waals surface area (Å²) in [5.41, 5.74) is 2.96. The van der Waals surface area contributed by atoms with Crippen LogP contribution in [0.15, 0.2) is 0 Å². The highest BCUT2D eigenvalue weighted by atomic mass is 17.2. The Bertz CT molecular complexity index is 834. The van der Waals surface area contributed by atoms with Crippen LogP contribution in [0.4, 0.5) is 0 Å². The molecule has 2 N–H and O–H groups in total. The predicted molar refractivity (Wildman–Crippen MR) is 182 cm³/mol. The molecule has 0 saturated heterocycles. The molecule has 0 aliphatic carbocycles. The number of carboxylic acid groups (broad SMARTS) is 1. The lowest BCUT2D eigenvalue weighted by Crippen LogP contribution is -2.14. The van der Waals surface area contributed by atoms with Crippen LogP contribution >= 0.6 is 0 Å². The van der Waals surface area contributed by atoms with Crippen molar-refractivity contribution in [3.05, 3.63) is 22.3 Å². The van der Waals surface area contributed by atoms with Gasteiger partial charge in [0, 0.05) is 5.56 Å². The molecule has 0 fully saturated rings. The molecule has 1 rings (SSSR count). The second kappa shape index (κ2) is 26.6. The fraction of sp³-hybridized carbons (Fsp3) is 0.816. The Hall–Kier alpha value is -1.75. The molecule has 0 amide bonds. The topological polar surface area (TPSA) is 76.0 Å². The van der Waals surface area contributed by atoms with E-state index in [0.717, 1.165) is 80.9 Å². The Morgan fingerprint density at radius 2 is 0.884 bits per heavy atom. The van der Waals surface area contributed by atoms with Crippen molar-refractivity contribution in [3.63, 3.8) is 0 Å². The zero-order valence-corrected chi connectivity index (χ0v) is 28.7. The maximum Gasteiger partial charge on any atom is 0.339 e. The fourth-order valence-corrected chi connectivity index (χ4v) is 6.14. The summed E-state index contributed by atoms with van der Waals surface area (Å²) >= 11 is 0. The number of aromatic hydroxyl groups is 1. The molecular formula is C38H68O5. The summed E-state index contributed by atoms with van der Waals surface area (Å²) in [6.07, 6.45) is 28.9. The number of carboxylic acids is 1. The highest BCUT2D eigenvalue weighted by Gasteiger charge is 2.28. The molecule has 0 aliphatic rings. The van der Waals surface area contributed by atoms with Crippen molar-refractivity contribution in [3.8, 4) is 11.5 Å². The van der Waals surface area contributed by atoms with E-state index in [2.05, 4.69) is 27.7 Å². The molecular weight excluding hydrogens is 536 g/mol. The first-order chi connectivity index (χ1) is 21.0. The van der Waals surface area contributed by atoms with Gasteiger partial charge in [0.1, 0.15) is 5.56 Å². The van der Waals surface area contributed by atoms with Crippen LogP contribution in [-0.2, 0) is 24.2 Å². The highest BCUT2D eigenvalue weighted by Crippen LogP contribution is 2.42. The smallest absolute Gasteiger partial charge is 0.339 e. The summed E-state index contributed by atoms with van der Waals surface area (Å²) in [6, 6.07) is 0. The maximum atomic E-state index is 12.7. The lowest BCUT2D eigenvalue weighted by molar-refractivity contribution is -0.208. The van der Waals surface area contributed by atoms with Gasteiger partial charge in [-0.05, 0) is 56.1 Å². The Morgan fingerprint density at radius 3 is 1.33 bits per heavy atom. The van der Waals surface area contributed by atoms with Gasteiger partial charge in [-0.25, -0.2) is 4.79 Å². The number of phenols is 1. The predicted octanol–water partition coefficient (Wildman–Crippen LogP) is 12.1. The summed E-state index contributed by atoms with van der Waals surface area (Å²) in [5, 5.41) is 21.8. The third kappa shape index (κ3) is 16.8. The van der Waals surface area contributed by atoms with E-state index in [1.165, 1.54) is 96.3 Å². The van der Waals surface area contributed by atoms with Crippen LogP contribution in [0.3, 0.4) is 0 Å². The van der Waals surface area contributed by atoms with Gasteiger partial charge in [-0.1, -0.05) is 150 Å². The van der Waals surface area contributed by atoms with Gasteiger partial charge in [0.25, 0.3) is 0 Å². The van der Waals surface area contributed by atoms with Gasteiger partial charge in [0.05, 0.1) is 6.61 Å². The minimum absolute atomic E-state index is 0.0304. The molecule has 0 heterocycles. The van der Waals surface area contributed by atoms with Crippen molar-refractivity contribution in [2.24, 2.45) is 0 Å². The minimum atomic E-state index is -1.07. The second-order valence-corrected chi connectivity index (χ2v) is 12.7. The first-order valence-electron chi connectivity index (χ1n) is 18.4.